The molecule has 2 nitrogen and oxygen atoms in total. The van der Waals surface area contributed by atoms with Crippen LogP contribution in [0.4, 0.5) is 0 Å². The Hall–Kier alpha value is -2.48. The molecule has 0 bridgehead atoms. The second kappa shape index (κ2) is 7.19. The highest BCUT2D eigenvalue weighted by Gasteiger charge is 1.99. The molecule has 2 rings (SSSR count). The normalized spacial score (nSPS) is 9.80. The van der Waals surface area contributed by atoms with Crippen LogP contribution in [0.2, 0.25) is 0 Å². The fourth-order valence-corrected chi connectivity index (χ4v) is 1.80. The molecule has 0 saturated heterocycles. The molecule has 2 aromatic rings. The minimum Gasteiger partial charge on any atom is -0.490 e. The van der Waals surface area contributed by atoms with Gasteiger partial charge in [-0.2, -0.15) is 0 Å². The minimum absolute atomic E-state index is 0.523. The van der Waals surface area contributed by atoms with Crippen molar-refractivity contribution >= 4 is 0 Å². The highest BCUT2D eigenvalue weighted by Crippen LogP contribution is 2.24. The fraction of sp³-hybridized carbons (Fsp3) is 0.111. The van der Waals surface area contributed by atoms with E-state index in [-0.39, 0.29) is 0 Å². The molecule has 0 aliphatic carbocycles. The number of hydrogen-bond acceptors (Lipinski definition) is 2. The highest BCUT2D eigenvalue weighted by molar-refractivity contribution is 5.64. The van der Waals surface area contributed by atoms with E-state index >= 15 is 0 Å². The molecule has 0 spiro atoms. The van der Waals surface area contributed by atoms with Gasteiger partial charge in [0, 0.05) is 0 Å². The molecule has 0 amide bonds. The van der Waals surface area contributed by atoms with Crippen LogP contribution < -0.4 is 9.47 Å². The van der Waals surface area contributed by atoms with E-state index in [9.17, 15) is 0 Å². The minimum atomic E-state index is 0.523. The highest BCUT2D eigenvalue weighted by atomic mass is 16.5. The van der Waals surface area contributed by atoms with Crippen molar-refractivity contribution in [3.8, 4) is 22.6 Å². The fourth-order valence-electron chi connectivity index (χ4n) is 1.80. The molecule has 0 aromatic heterocycles. The van der Waals surface area contributed by atoms with Gasteiger partial charge in [-0.05, 0) is 35.4 Å². The number of hydrogen-bond donors (Lipinski definition) is 0. The zero-order valence-electron chi connectivity index (χ0n) is 11.4. The van der Waals surface area contributed by atoms with E-state index in [4.69, 9.17) is 9.47 Å². The smallest absolute Gasteiger partial charge is 0.119 e. The van der Waals surface area contributed by atoms with E-state index in [1.54, 1.807) is 12.2 Å². The quantitative estimate of drug-likeness (QED) is 0.688. The summed E-state index contributed by atoms with van der Waals surface area (Å²) in [4.78, 5) is 0. The summed E-state index contributed by atoms with van der Waals surface area (Å²) >= 11 is 0. The third-order valence-corrected chi connectivity index (χ3v) is 2.78. The average molecular weight is 266 g/mol. The molecular formula is C18H18O2. The summed E-state index contributed by atoms with van der Waals surface area (Å²) in [7, 11) is 0. The lowest BCUT2D eigenvalue weighted by molar-refractivity contribution is 0.363. The summed E-state index contributed by atoms with van der Waals surface area (Å²) in [5.74, 6) is 1.69. The Bertz CT molecular complexity index is 499. The maximum atomic E-state index is 5.46. The number of ether oxygens (including phenoxy) is 2. The van der Waals surface area contributed by atoms with Gasteiger partial charge in [-0.15, -0.1) is 0 Å². The van der Waals surface area contributed by atoms with Crippen molar-refractivity contribution in [2.75, 3.05) is 13.2 Å². The van der Waals surface area contributed by atoms with Gasteiger partial charge in [0.25, 0.3) is 0 Å². The summed E-state index contributed by atoms with van der Waals surface area (Å²) < 4.78 is 10.9. The number of benzene rings is 2. The van der Waals surface area contributed by atoms with Crippen molar-refractivity contribution in [3.05, 3.63) is 73.8 Å². The lowest BCUT2D eigenvalue weighted by Crippen LogP contribution is -1.93. The Kier molecular flexibility index (Phi) is 5.01. The first-order chi connectivity index (χ1) is 9.83. The van der Waals surface area contributed by atoms with Crippen LogP contribution in [0.1, 0.15) is 0 Å². The lowest BCUT2D eigenvalue weighted by Gasteiger charge is -2.07. The van der Waals surface area contributed by atoms with Gasteiger partial charge in [0.05, 0.1) is 0 Å². The Labute approximate surface area is 120 Å². The van der Waals surface area contributed by atoms with Crippen molar-refractivity contribution in [2.45, 2.75) is 0 Å². The molecule has 0 radical (unpaired) electrons. The molecule has 0 fully saturated rings. The maximum Gasteiger partial charge on any atom is 0.119 e. The Balaban J connectivity index is 2.06. The van der Waals surface area contributed by atoms with Gasteiger partial charge in [-0.3, -0.25) is 0 Å². The maximum absolute atomic E-state index is 5.46. The van der Waals surface area contributed by atoms with Crippen molar-refractivity contribution < 1.29 is 9.47 Å². The average Bonchev–Trinajstić information content (AvgIpc) is 2.52. The van der Waals surface area contributed by atoms with Gasteiger partial charge < -0.3 is 9.47 Å². The second-order valence-electron chi connectivity index (χ2n) is 4.25. The van der Waals surface area contributed by atoms with Crippen molar-refractivity contribution in [2.24, 2.45) is 0 Å². The van der Waals surface area contributed by atoms with Crippen LogP contribution in [-0.4, -0.2) is 13.2 Å². The molecular weight excluding hydrogens is 248 g/mol. The predicted octanol–water partition coefficient (Wildman–Crippen LogP) is 4.48. The molecule has 0 N–H and O–H groups in total. The summed E-state index contributed by atoms with van der Waals surface area (Å²) in [5, 5.41) is 0. The number of rotatable bonds is 7. The zero-order chi connectivity index (χ0) is 14.2. The molecule has 0 aliphatic rings. The van der Waals surface area contributed by atoms with E-state index in [2.05, 4.69) is 13.2 Å². The Morgan fingerprint density at radius 3 is 1.30 bits per heavy atom. The Morgan fingerprint density at radius 1 is 0.650 bits per heavy atom. The molecule has 2 aromatic carbocycles. The summed E-state index contributed by atoms with van der Waals surface area (Å²) in [6.45, 7) is 8.30. The van der Waals surface area contributed by atoms with Crippen LogP contribution in [0.3, 0.4) is 0 Å². The van der Waals surface area contributed by atoms with E-state index < -0.39 is 0 Å². The van der Waals surface area contributed by atoms with E-state index in [0.29, 0.717) is 13.2 Å². The largest absolute Gasteiger partial charge is 0.490 e. The van der Waals surface area contributed by atoms with Crippen molar-refractivity contribution in [1.82, 2.24) is 0 Å². The second-order valence-corrected chi connectivity index (χ2v) is 4.25. The van der Waals surface area contributed by atoms with Crippen LogP contribution in [0.5, 0.6) is 11.5 Å². The van der Waals surface area contributed by atoms with E-state index in [0.717, 1.165) is 22.6 Å². The van der Waals surface area contributed by atoms with Crippen LogP contribution in [0.25, 0.3) is 11.1 Å². The molecule has 0 saturated carbocycles. The molecule has 2 heteroatoms. The van der Waals surface area contributed by atoms with Crippen molar-refractivity contribution in [3.63, 3.8) is 0 Å². The topological polar surface area (TPSA) is 18.5 Å². The summed E-state index contributed by atoms with van der Waals surface area (Å²) in [6, 6.07) is 16.0. The third-order valence-electron chi connectivity index (χ3n) is 2.78. The molecule has 0 aliphatic heterocycles. The van der Waals surface area contributed by atoms with Crippen LogP contribution in [-0.2, 0) is 0 Å². The van der Waals surface area contributed by atoms with Crippen molar-refractivity contribution in [1.29, 1.82) is 0 Å². The van der Waals surface area contributed by atoms with Gasteiger partial charge in [0.15, 0.2) is 0 Å². The first-order valence-electron chi connectivity index (χ1n) is 6.51. The van der Waals surface area contributed by atoms with E-state index in [1.807, 2.05) is 48.5 Å². The first kappa shape index (κ1) is 13.9. The predicted molar refractivity (Wildman–Crippen MR) is 83.3 cm³/mol. The van der Waals surface area contributed by atoms with Crippen LogP contribution >= 0.6 is 0 Å². The van der Waals surface area contributed by atoms with Gasteiger partial charge in [-0.25, -0.2) is 0 Å². The summed E-state index contributed by atoms with van der Waals surface area (Å²) in [5.41, 5.74) is 2.29. The first-order valence-corrected chi connectivity index (χ1v) is 6.51. The van der Waals surface area contributed by atoms with Gasteiger partial charge >= 0.3 is 0 Å². The SMILES string of the molecule is C=CCOc1ccc(-c2ccc(OCC=C)cc2)cc1. The van der Waals surface area contributed by atoms with Gasteiger partial charge in [0.2, 0.25) is 0 Å². The monoisotopic (exact) mass is 266 g/mol. The van der Waals surface area contributed by atoms with Crippen LogP contribution in [0, 0.1) is 0 Å². The summed E-state index contributed by atoms with van der Waals surface area (Å²) in [6.07, 6.45) is 3.46. The molecule has 0 heterocycles. The Morgan fingerprint density at radius 2 is 1.00 bits per heavy atom. The standard InChI is InChI=1S/C18H18O2/c1-3-13-19-17-9-5-15(6-10-17)16-7-11-18(12-8-16)20-14-4-2/h3-12H,1-2,13-14H2. The third kappa shape index (κ3) is 3.75. The van der Waals surface area contributed by atoms with Gasteiger partial charge in [0.1, 0.15) is 24.7 Å². The van der Waals surface area contributed by atoms with Crippen LogP contribution in [0.15, 0.2) is 73.8 Å². The molecule has 20 heavy (non-hydrogen) atoms. The zero-order valence-corrected chi connectivity index (χ0v) is 11.4. The van der Waals surface area contributed by atoms with Gasteiger partial charge in [-0.1, -0.05) is 49.6 Å². The van der Waals surface area contributed by atoms with E-state index in [1.165, 1.54) is 0 Å². The molecule has 0 unspecified atom stereocenters. The lowest BCUT2D eigenvalue weighted by atomic mass is 10.1. The molecule has 102 valence electrons. The molecule has 0 atom stereocenters.